The highest BCUT2D eigenvalue weighted by Crippen LogP contribution is 2.27. The Balaban J connectivity index is 1.42. The number of aromatic nitrogens is 1. The van der Waals surface area contributed by atoms with Gasteiger partial charge < -0.3 is 15.0 Å². The fraction of sp³-hybridized carbons (Fsp3) is 0.350. The van der Waals surface area contributed by atoms with Gasteiger partial charge in [-0.3, -0.25) is 4.79 Å². The first-order valence-corrected chi connectivity index (χ1v) is 8.84. The molecule has 0 radical (unpaired) electrons. The Hall–Kier alpha value is -3.07. The summed E-state index contributed by atoms with van der Waals surface area (Å²) >= 11 is 0. The maximum atomic E-state index is 11.8. The molecular weight excluding hydrogens is 328 g/mol. The molecule has 4 rings (SSSR count). The lowest BCUT2D eigenvalue weighted by atomic mass is 10.1. The first-order chi connectivity index (χ1) is 12.6. The van der Waals surface area contributed by atoms with E-state index in [0.717, 1.165) is 48.8 Å². The zero-order valence-corrected chi connectivity index (χ0v) is 14.7. The average Bonchev–Trinajstić information content (AvgIpc) is 3.02. The fourth-order valence-electron chi connectivity index (χ4n) is 3.57. The van der Waals surface area contributed by atoms with E-state index in [2.05, 4.69) is 16.3 Å². The van der Waals surface area contributed by atoms with E-state index in [-0.39, 0.29) is 12.0 Å². The lowest BCUT2D eigenvalue weighted by Crippen LogP contribution is -2.39. The summed E-state index contributed by atoms with van der Waals surface area (Å²) in [4.78, 5) is 18.8. The van der Waals surface area contributed by atoms with Crippen LogP contribution in [0, 0.1) is 18.3 Å². The Morgan fingerprint density at radius 3 is 2.88 bits per heavy atom. The van der Waals surface area contributed by atoms with Gasteiger partial charge >= 0.3 is 0 Å². The van der Waals surface area contributed by atoms with Gasteiger partial charge in [-0.05, 0) is 36.8 Å². The van der Waals surface area contributed by atoms with Gasteiger partial charge in [-0.1, -0.05) is 6.07 Å². The smallest absolute Gasteiger partial charge is 0.253 e. The van der Waals surface area contributed by atoms with Crippen LogP contribution in [-0.4, -0.2) is 30.1 Å². The summed E-state index contributed by atoms with van der Waals surface area (Å²) in [5.74, 6) is 1.68. The number of nitriles is 1. The van der Waals surface area contributed by atoms with Crippen molar-refractivity contribution in [2.24, 2.45) is 0 Å². The van der Waals surface area contributed by atoms with Gasteiger partial charge in [-0.2, -0.15) is 5.26 Å². The van der Waals surface area contributed by atoms with Crippen LogP contribution in [0.25, 0.3) is 0 Å². The van der Waals surface area contributed by atoms with Gasteiger partial charge in [0.25, 0.3) is 5.91 Å². The molecule has 0 spiro atoms. The van der Waals surface area contributed by atoms with Crippen molar-refractivity contribution in [3.05, 3.63) is 52.7 Å². The van der Waals surface area contributed by atoms with Crippen LogP contribution in [0.5, 0.6) is 5.75 Å². The third kappa shape index (κ3) is 3.08. The third-order valence-corrected chi connectivity index (χ3v) is 4.93. The third-order valence-electron chi connectivity index (χ3n) is 4.93. The molecule has 26 heavy (non-hydrogen) atoms. The van der Waals surface area contributed by atoms with Gasteiger partial charge in [-0.15, -0.1) is 0 Å². The van der Waals surface area contributed by atoms with Crippen molar-refractivity contribution in [1.29, 1.82) is 5.26 Å². The molecule has 6 heteroatoms. The number of fused-ring (bicyclic) bond motifs is 1. The lowest BCUT2D eigenvalue weighted by Gasteiger charge is -2.34. The molecule has 1 fully saturated rings. The van der Waals surface area contributed by atoms with Crippen LogP contribution in [0.15, 0.2) is 30.3 Å². The van der Waals surface area contributed by atoms with E-state index >= 15 is 0 Å². The number of hydrogen-bond acceptors (Lipinski definition) is 5. The van der Waals surface area contributed by atoms with E-state index in [1.54, 1.807) is 12.1 Å². The van der Waals surface area contributed by atoms with Crippen LogP contribution in [-0.2, 0) is 6.54 Å². The van der Waals surface area contributed by atoms with Gasteiger partial charge in [0.2, 0.25) is 0 Å². The number of aryl methyl sites for hydroxylation is 1. The van der Waals surface area contributed by atoms with E-state index in [1.807, 2.05) is 25.1 Å². The van der Waals surface area contributed by atoms with Gasteiger partial charge in [0.15, 0.2) is 0 Å². The second-order valence-electron chi connectivity index (χ2n) is 6.75. The number of carbonyl (C=O) groups is 1. The first kappa shape index (κ1) is 16.4. The molecule has 1 aromatic heterocycles. The molecule has 0 atom stereocenters. The molecule has 0 saturated carbocycles. The maximum Gasteiger partial charge on any atom is 0.253 e. The second-order valence-corrected chi connectivity index (χ2v) is 6.75. The zero-order chi connectivity index (χ0) is 18.1. The van der Waals surface area contributed by atoms with E-state index in [1.165, 1.54) is 0 Å². The maximum absolute atomic E-state index is 11.8. The summed E-state index contributed by atoms with van der Waals surface area (Å²) < 4.78 is 6.05. The van der Waals surface area contributed by atoms with Crippen molar-refractivity contribution >= 4 is 11.7 Å². The number of ether oxygens (including phenoxy) is 1. The molecule has 0 aliphatic carbocycles. The Labute approximate surface area is 152 Å². The molecule has 6 nitrogen and oxygen atoms in total. The highest BCUT2D eigenvalue weighted by atomic mass is 16.5. The van der Waals surface area contributed by atoms with E-state index in [9.17, 15) is 4.79 Å². The predicted octanol–water partition coefficient (Wildman–Crippen LogP) is 2.55. The van der Waals surface area contributed by atoms with Crippen LogP contribution < -0.4 is 15.0 Å². The zero-order valence-electron chi connectivity index (χ0n) is 14.7. The van der Waals surface area contributed by atoms with Crippen LogP contribution >= 0.6 is 0 Å². The molecule has 2 aliphatic heterocycles. The largest absolute Gasteiger partial charge is 0.490 e. The molecule has 3 heterocycles. The minimum atomic E-state index is -0.0335. The summed E-state index contributed by atoms with van der Waals surface area (Å²) in [5, 5.41) is 11.8. The van der Waals surface area contributed by atoms with Gasteiger partial charge in [0, 0.05) is 25.9 Å². The number of nitrogens with one attached hydrogen (secondary N) is 1. The highest BCUT2D eigenvalue weighted by Gasteiger charge is 2.26. The van der Waals surface area contributed by atoms with Gasteiger partial charge in [-0.25, -0.2) is 4.98 Å². The molecule has 132 valence electrons. The molecule has 2 aromatic rings. The van der Waals surface area contributed by atoms with Crippen LogP contribution in [0.2, 0.25) is 0 Å². The normalized spacial score (nSPS) is 16.8. The van der Waals surface area contributed by atoms with E-state index in [0.29, 0.717) is 17.7 Å². The van der Waals surface area contributed by atoms with Crippen LogP contribution in [0.1, 0.15) is 40.0 Å². The number of nitrogens with zero attached hydrogens (tertiary/aromatic N) is 3. The van der Waals surface area contributed by atoms with Crippen molar-refractivity contribution in [3.63, 3.8) is 0 Å². The Morgan fingerprint density at radius 1 is 1.31 bits per heavy atom. The van der Waals surface area contributed by atoms with E-state index in [4.69, 9.17) is 15.0 Å². The standard InChI is InChI=1S/C20H20N4O2/c1-13-9-17-18(12-22-20(17)25)23-19(13)24-7-5-15(6-8-24)26-16-4-2-3-14(10-16)11-21/h2-4,9-10,15H,5-8,12H2,1H3,(H,22,25). The van der Waals surface area contributed by atoms with Crippen molar-refractivity contribution in [1.82, 2.24) is 10.3 Å². The fourth-order valence-corrected chi connectivity index (χ4v) is 3.57. The number of amides is 1. The van der Waals surface area contributed by atoms with Gasteiger partial charge in [0.1, 0.15) is 17.7 Å². The van der Waals surface area contributed by atoms with Crippen molar-refractivity contribution in [3.8, 4) is 11.8 Å². The highest BCUT2D eigenvalue weighted by molar-refractivity contribution is 5.98. The second kappa shape index (κ2) is 6.68. The molecule has 1 N–H and O–H groups in total. The minimum absolute atomic E-state index is 0.0335. The van der Waals surface area contributed by atoms with Crippen LogP contribution in [0.4, 0.5) is 5.82 Å². The molecule has 0 bridgehead atoms. The number of anilines is 1. The van der Waals surface area contributed by atoms with Crippen molar-refractivity contribution < 1.29 is 9.53 Å². The Morgan fingerprint density at radius 2 is 2.12 bits per heavy atom. The van der Waals surface area contributed by atoms with Crippen molar-refractivity contribution in [2.75, 3.05) is 18.0 Å². The average molecular weight is 348 g/mol. The number of pyridine rings is 1. The summed E-state index contributed by atoms with van der Waals surface area (Å²) in [5.41, 5.74) is 3.17. The van der Waals surface area contributed by atoms with E-state index < -0.39 is 0 Å². The Kier molecular flexibility index (Phi) is 4.21. The lowest BCUT2D eigenvalue weighted by molar-refractivity contribution is 0.0965. The monoisotopic (exact) mass is 348 g/mol. The molecule has 1 saturated heterocycles. The minimum Gasteiger partial charge on any atom is -0.490 e. The quantitative estimate of drug-likeness (QED) is 0.922. The summed E-state index contributed by atoms with van der Waals surface area (Å²) in [7, 11) is 0. The van der Waals surface area contributed by atoms with Gasteiger partial charge in [0.05, 0.1) is 29.4 Å². The van der Waals surface area contributed by atoms with Crippen LogP contribution in [0.3, 0.4) is 0 Å². The number of piperidine rings is 1. The summed E-state index contributed by atoms with van der Waals surface area (Å²) in [6, 6.07) is 11.4. The number of rotatable bonds is 3. The Bertz CT molecular complexity index is 895. The molecule has 1 aromatic carbocycles. The summed E-state index contributed by atoms with van der Waals surface area (Å²) in [6.45, 7) is 4.23. The number of carbonyl (C=O) groups excluding carboxylic acids is 1. The molecule has 1 amide bonds. The first-order valence-electron chi connectivity index (χ1n) is 8.84. The molecular formula is C20H20N4O2. The topological polar surface area (TPSA) is 78.2 Å². The number of benzene rings is 1. The SMILES string of the molecule is Cc1cc2c(nc1N1CCC(Oc3cccc(C#N)c3)CC1)CNC2=O. The number of hydrogen-bond donors (Lipinski definition) is 1. The molecule has 0 unspecified atom stereocenters. The summed E-state index contributed by atoms with van der Waals surface area (Å²) in [6.07, 6.45) is 1.93. The van der Waals surface area contributed by atoms with Crippen molar-refractivity contribution in [2.45, 2.75) is 32.4 Å². The predicted molar refractivity (Wildman–Crippen MR) is 97.2 cm³/mol. The molecule has 2 aliphatic rings.